The number of rotatable bonds is 9. The fourth-order valence-corrected chi connectivity index (χ4v) is 2.25. The third kappa shape index (κ3) is 7.32. The molecule has 0 bridgehead atoms. The van der Waals surface area contributed by atoms with E-state index in [0.29, 0.717) is 12.2 Å². The molecular formula is C21H25N3O3. The molecule has 0 saturated carbocycles. The first-order valence-corrected chi connectivity index (χ1v) is 8.98. The van der Waals surface area contributed by atoms with Crippen LogP contribution >= 0.6 is 0 Å². The van der Waals surface area contributed by atoms with Crippen LogP contribution in [0.5, 0.6) is 5.75 Å². The molecule has 2 rings (SSSR count). The fourth-order valence-electron chi connectivity index (χ4n) is 2.25. The maximum absolute atomic E-state index is 12.0. The van der Waals surface area contributed by atoms with Crippen LogP contribution in [0.3, 0.4) is 0 Å². The first kappa shape index (κ1) is 20.2. The van der Waals surface area contributed by atoms with E-state index in [9.17, 15) is 9.59 Å². The zero-order valence-corrected chi connectivity index (χ0v) is 15.7. The highest BCUT2D eigenvalue weighted by molar-refractivity contribution is 5.96. The Bertz CT molecular complexity index is 786. The number of carbonyl (C=O) groups excluding carboxylic acids is 2. The van der Waals surface area contributed by atoms with Crippen LogP contribution in [0.25, 0.3) is 0 Å². The average molecular weight is 367 g/mol. The zero-order chi connectivity index (χ0) is 19.5. The molecule has 0 saturated heterocycles. The van der Waals surface area contributed by atoms with Crippen molar-refractivity contribution in [3.8, 4) is 5.75 Å². The molecular weight excluding hydrogens is 342 g/mol. The van der Waals surface area contributed by atoms with Crippen LogP contribution in [0.2, 0.25) is 0 Å². The normalized spacial score (nSPS) is 10.6. The lowest BCUT2D eigenvalue weighted by Gasteiger charge is -2.05. The molecule has 0 fully saturated rings. The molecule has 2 aromatic rings. The van der Waals surface area contributed by atoms with Crippen molar-refractivity contribution in [1.82, 2.24) is 10.7 Å². The molecule has 0 unspecified atom stereocenters. The van der Waals surface area contributed by atoms with E-state index < -0.39 is 5.91 Å². The predicted octanol–water partition coefficient (Wildman–Crippen LogP) is 3.05. The standard InChI is InChI=1S/C21H25N3O3/c1-3-4-12-27-19-10-8-17(9-11-19)14-23-24-20(25)15-22-21(26)18-7-5-6-16(2)13-18/h5-11,13-14H,3-4,12,15H2,1-2H3,(H,22,26)(H,24,25)/b23-14+. The van der Waals surface area contributed by atoms with Crippen molar-refractivity contribution in [2.24, 2.45) is 5.10 Å². The van der Waals surface area contributed by atoms with E-state index in [1.165, 1.54) is 6.21 Å². The lowest BCUT2D eigenvalue weighted by Crippen LogP contribution is -2.34. The van der Waals surface area contributed by atoms with Crippen LogP contribution in [0, 0.1) is 6.92 Å². The highest BCUT2D eigenvalue weighted by atomic mass is 16.5. The summed E-state index contributed by atoms with van der Waals surface area (Å²) in [4.78, 5) is 23.8. The van der Waals surface area contributed by atoms with Crippen molar-refractivity contribution in [3.05, 3.63) is 65.2 Å². The monoisotopic (exact) mass is 367 g/mol. The van der Waals surface area contributed by atoms with Crippen LogP contribution < -0.4 is 15.5 Å². The number of hydrogen-bond acceptors (Lipinski definition) is 4. The largest absolute Gasteiger partial charge is 0.494 e. The zero-order valence-electron chi connectivity index (χ0n) is 15.7. The molecule has 0 atom stereocenters. The minimum Gasteiger partial charge on any atom is -0.494 e. The van der Waals surface area contributed by atoms with Gasteiger partial charge in [0.2, 0.25) is 0 Å². The van der Waals surface area contributed by atoms with Gasteiger partial charge in [-0.2, -0.15) is 5.10 Å². The van der Waals surface area contributed by atoms with Gasteiger partial charge in [-0.3, -0.25) is 9.59 Å². The SMILES string of the molecule is CCCCOc1ccc(/C=N/NC(=O)CNC(=O)c2cccc(C)c2)cc1. The highest BCUT2D eigenvalue weighted by Crippen LogP contribution is 2.11. The smallest absolute Gasteiger partial charge is 0.259 e. The van der Waals surface area contributed by atoms with Gasteiger partial charge in [-0.25, -0.2) is 5.43 Å². The molecule has 2 amide bonds. The van der Waals surface area contributed by atoms with Crippen molar-refractivity contribution in [3.63, 3.8) is 0 Å². The summed E-state index contributed by atoms with van der Waals surface area (Å²) in [5, 5.41) is 6.46. The van der Waals surface area contributed by atoms with Gasteiger partial charge in [-0.15, -0.1) is 0 Å². The first-order chi connectivity index (χ1) is 13.1. The van der Waals surface area contributed by atoms with Crippen molar-refractivity contribution < 1.29 is 14.3 Å². The Morgan fingerprint density at radius 3 is 2.63 bits per heavy atom. The number of hydrogen-bond donors (Lipinski definition) is 2. The number of unbranched alkanes of at least 4 members (excludes halogenated alkanes) is 1. The third-order valence-electron chi connectivity index (χ3n) is 3.74. The van der Waals surface area contributed by atoms with Crippen molar-refractivity contribution in [2.45, 2.75) is 26.7 Å². The summed E-state index contributed by atoms with van der Waals surface area (Å²) >= 11 is 0. The van der Waals surface area contributed by atoms with Gasteiger partial charge < -0.3 is 10.1 Å². The van der Waals surface area contributed by atoms with Crippen molar-refractivity contribution >= 4 is 18.0 Å². The molecule has 2 N–H and O–H groups in total. The van der Waals surface area contributed by atoms with Crippen LogP contribution in [0.1, 0.15) is 41.3 Å². The van der Waals surface area contributed by atoms with E-state index >= 15 is 0 Å². The minimum absolute atomic E-state index is 0.145. The summed E-state index contributed by atoms with van der Waals surface area (Å²) in [5.41, 5.74) is 4.73. The number of aryl methyl sites for hydroxylation is 1. The van der Waals surface area contributed by atoms with Gasteiger partial charge in [0, 0.05) is 5.56 Å². The lowest BCUT2D eigenvalue weighted by molar-refractivity contribution is -0.120. The van der Waals surface area contributed by atoms with Crippen LogP contribution in [0.15, 0.2) is 53.6 Å². The lowest BCUT2D eigenvalue weighted by atomic mass is 10.1. The number of nitrogens with zero attached hydrogens (tertiary/aromatic N) is 1. The number of benzene rings is 2. The van der Waals surface area contributed by atoms with E-state index in [1.807, 2.05) is 37.3 Å². The van der Waals surface area contributed by atoms with Crippen LogP contribution in [-0.2, 0) is 4.79 Å². The molecule has 142 valence electrons. The van der Waals surface area contributed by atoms with Crippen LogP contribution in [-0.4, -0.2) is 31.2 Å². The quantitative estimate of drug-likeness (QED) is 0.406. The Balaban J connectivity index is 1.73. The van der Waals surface area contributed by atoms with E-state index in [2.05, 4.69) is 22.8 Å². The molecule has 0 spiro atoms. The third-order valence-corrected chi connectivity index (χ3v) is 3.74. The van der Waals surface area contributed by atoms with E-state index in [-0.39, 0.29) is 12.5 Å². The van der Waals surface area contributed by atoms with Gasteiger partial charge >= 0.3 is 0 Å². The second kappa shape index (κ2) is 10.8. The summed E-state index contributed by atoms with van der Waals surface area (Å²) in [7, 11) is 0. The highest BCUT2D eigenvalue weighted by Gasteiger charge is 2.07. The number of carbonyl (C=O) groups is 2. The molecule has 6 nitrogen and oxygen atoms in total. The Hall–Kier alpha value is -3.15. The molecule has 27 heavy (non-hydrogen) atoms. The van der Waals surface area contributed by atoms with Crippen LogP contribution in [0.4, 0.5) is 0 Å². The van der Waals surface area contributed by atoms with Gasteiger partial charge in [0.05, 0.1) is 19.4 Å². The number of hydrazone groups is 1. The molecule has 2 aromatic carbocycles. The van der Waals surface area contributed by atoms with Gasteiger partial charge in [0.1, 0.15) is 5.75 Å². The Labute approximate surface area is 159 Å². The second-order valence-electron chi connectivity index (χ2n) is 6.12. The summed E-state index contributed by atoms with van der Waals surface area (Å²) in [5.74, 6) is 0.117. The molecule has 0 heterocycles. The predicted molar refractivity (Wildman–Crippen MR) is 106 cm³/mol. The topological polar surface area (TPSA) is 79.8 Å². The Morgan fingerprint density at radius 1 is 1.15 bits per heavy atom. The maximum atomic E-state index is 12.0. The van der Waals surface area contributed by atoms with Crippen molar-refractivity contribution in [2.75, 3.05) is 13.2 Å². The first-order valence-electron chi connectivity index (χ1n) is 8.98. The van der Waals surface area contributed by atoms with E-state index in [4.69, 9.17) is 4.74 Å². The Kier molecular flexibility index (Phi) is 8.03. The van der Waals surface area contributed by atoms with Crippen molar-refractivity contribution in [1.29, 1.82) is 0 Å². The summed E-state index contributed by atoms with van der Waals surface area (Å²) in [6, 6.07) is 14.6. The molecule has 0 aliphatic rings. The summed E-state index contributed by atoms with van der Waals surface area (Å²) in [6.45, 7) is 4.58. The number of nitrogens with one attached hydrogen (secondary N) is 2. The van der Waals surface area contributed by atoms with E-state index in [1.54, 1.807) is 18.2 Å². The number of ether oxygens (including phenoxy) is 1. The fraction of sp³-hybridized carbons (Fsp3) is 0.286. The number of amides is 2. The van der Waals surface area contributed by atoms with Gasteiger partial charge in [0.25, 0.3) is 11.8 Å². The molecule has 0 aliphatic heterocycles. The second-order valence-corrected chi connectivity index (χ2v) is 6.12. The Morgan fingerprint density at radius 2 is 1.93 bits per heavy atom. The molecule has 6 heteroatoms. The molecule has 0 aromatic heterocycles. The van der Waals surface area contributed by atoms with E-state index in [0.717, 1.165) is 29.7 Å². The van der Waals surface area contributed by atoms with Gasteiger partial charge in [0.15, 0.2) is 0 Å². The maximum Gasteiger partial charge on any atom is 0.259 e. The molecule has 0 aliphatic carbocycles. The van der Waals surface area contributed by atoms with Gasteiger partial charge in [-0.05, 0) is 55.3 Å². The minimum atomic E-state index is -0.397. The van der Waals surface area contributed by atoms with Gasteiger partial charge in [-0.1, -0.05) is 31.0 Å². The average Bonchev–Trinajstić information content (AvgIpc) is 2.67. The summed E-state index contributed by atoms with van der Waals surface area (Å²) in [6.07, 6.45) is 3.65. The summed E-state index contributed by atoms with van der Waals surface area (Å²) < 4.78 is 5.59. The molecule has 0 radical (unpaired) electrons.